The van der Waals surface area contributed by atoms with E-state index in [1.165, 1.54) is 5.56 Å². The lowest BCUT2D eigenvalue weighted by Gasteiger charge is -2.21. The van der Waals surface area contributed by atoms with Crippen LogP contribution in [0.2, 0.25) is 0 Å². The van der Waals surface area contributed by atoms with Crippen molar-refractivity contribution < 1.29 is 9.32 Å². The van der Waals surface area contributed by atoms with Crippen molar-refractivity contribution >= 4 is 24.1 Å². The van der Waals surface area contributed by atoms with Gasteiger partial charge in [-0.05, 0) is 18.9 Å². The molecule has 0 spiro atoms. The highest BCUT2D eigenvalue weighted by Gasteiger charge is 2.10. The molecule has 0 saturated heterocycles. The molecule has 0 bridgehead atoms. The topological polar surface area (TPSA) is 84.4 Å². The fraction of sp³-hybridized carbons (Fsp3) is 0.412. The van der Waals surface area contributed by atoms with Crippen LogP contribution in [-0.2, 0) is 11.2 Å². The third-order valence-corrected chi connectivity index (χ3v) is 3.56. The highest BCUT2D eigenvalue weighted by molar-refractivity contribution is 5.89. The van der Waals surface area contributed by atoms with Gasteiger partial charge in [0.05, 0.1) is 0 Å². The van der Waals surface area contributed by atoms with Crippen molar-refractivity contribution in [3.63, 3.8) is 0 Å². The number of carbonyl (C=O) groups excluding carboxylic acids is 1. The highest BCUT2D eigenvalue weighted by Crippen LogP contribution is 2.08. The minimum atomic E-state index is -0.0694. The van der Waals surface area contributed by atoms with Gasteiger partial charge < -0.3 is 20.5 Å². The number of rotatable bonds is 9. The van der Waals surface area contributed by atoms with E-state index in [0.717, 1.165) is 19.5 Å². The van der Waals surface area contributed by atoms with E-state index < -0.39 is 0 Å². The van der Waals surface area contributed by atoms with Crippen molar-refractivity contribution in [2.75, 3.05) is 31.5 Å². The molecule has 2 aromatic rings. The number of benzene rings is 1. The van der Waals surface area contributed by atoms with Gasteiger partial charge in [-0.15, -0.1) is 12.4 Å². The predicted molar refractivity (Wildman–Crippen MR) is 97.4 cm³/mol. The zero-order chi connectivity index (χ0) is 16.5. The average molecular weight is 353 g/mol. The molecule has 132 valence electrons. The Labute approximate surface area is 148 Å². The van der Waals surface area contributed by atoms with Gasteiger partial charge in [-0.1, -0.05) is 35.5 Å². The molecule has 6 nitrogen and oxygen atoms in total. The number of amides is 1. The summed E-state index contributed by atoms with van der Waals surface area (Å²) < 4.78 is 4.93. The van der Waals surface area contributed by atoms with Crippen LogP contribution in [0.15, 0.2) is 40.9 Å². The summed E-state index contributed by atoms with van der Waals surface area (Å²) in [5, 5.41) is 6.49. The standard InChI is InChI=1S/C17H24N4O2.ClH/c1-14-13-16(20-23-14)19-17(22)8-11-21(12-9-18)10-7-15-5-3-2-4-6-15;/h2-6,13H,7-12,18H2,1H3,(H,19,20,22);1H. The molecule has 1 aromatic heterocycles. The van der Waals surface area contributed by atoms with Crippen LogP contribution in [0.4, 0.5) is 5.82 Å². The molecule has 2 rings (SSSR count). The van der Waals surface area contributed by atoms with Gasteiger partial charge >= 0.3 is 0 Å². The molecule has 0 aliphatic heterocycles. The molecule has 1 heterocycles. The van der Waals surface area contributed by atoms with Crippen LogP contribution in [0.1, 0.15) is 17.7 Å². The summed E-state index contributed by atoms with van der Waals surface area (Å²) >= 11 is 0. The third kappa shape index (κ3) is 7.12. The molecular formula is C17H25ClN4O2. The molecule has 0 atom stereocenters. The van der Waals surface area contributed by atoms with E-state index >= 15 is 0 Å². The molecular weight excluding hydrogens is 328 g/mol. The first-order valence-corrected chi connectivity index (χ1v) is 7.87. The summed E-state index contributed by atoms with van der Waals surface area (Å²) in [6.07, 6.45) is 1.35. The Morgan fingerprint density at radius 2 is 2.00 bits per heavy atom. The van der Waals surface area contributed by atoms with Crippen molar-refractivity contribution in [2.45, 2.75) is 19.8 Å². The largest absolute Gasteiger partial charge is 0.360 e. The quantitative estimate of drug-likeness (QED) is 0.723. The van der Waals surface area contributed by atoms with Gasteiger partial charge in [0.1, 0.15) is 5.76 Å². The third-order valence-electron chi connectivity index (χ3n) is 3.56. The molecule has 1 aromatic carbocycles. The molecule has 0 radical (unpaired) electrons. The van der Waals surface area contributed by atoms with E-state index in [0.29, 0.717) is 31.1 Å². The Kier molecular flexibility index (Phi) is 9.07. The highest BCUT2D eigenvalue weighted by atomic mass is 35.5. The minimum absolute atomic E-state index is 0. The first-order chi connectivity index (χ1) is 11.2. The van der Waals surface area contributed by atoms with Crippen LogP contribution in [0.5, 0.6) is 0 Å². The van der Waals surface area contributed by atoms with Gasteiger partial charge in [0.2, 0.25) is 5.91 Å². The number of carbonyl (C=O) groups is 1. The summed E-state index contributed by atoms with van der Waals surface area (Å²) in [5.41, 5.74) is 6.96. The van der Waals surface area contributed by atoms with Crippen LogP contribution in [-0.4, -0.2) is 42.1 Å². The maximum atomic E-state index is 12.0. The van der Waals surface area contributed by atoms with Crippen LogP contribution in [0.3, 0.4) is 0 Å². The number of halogens is 1. The number of anilines is 1. The molecule has 0 aliphatic carbocycles. The Bertz CT molecular complexity index is 604. The van der Waals surface area contributed by atoms with Gasteiger partial charge in [0, 0.05) is 38.7 Å². The second kappa shape index (κ2) is 10.8. The Morgan fingerprint density at radius 1 is 1.25 bits per heavy atom. The van der Waals surface area contributed by atoms with Crippen molar-refractivity contribution in [1.82, 2.24) is 10.1 Å². The van der Waals surface area contributed by atoms with Crippen molar-refractivity contribution in [2.24, 2.45) is 5.73 Å². The van der Waals surface area contributed by atoms with Crippen molar-refractivity contribution in [3.05, 3.63) is 47.7 Å². The summed E-state index contributed by atoms with van der Waals surface area (Å²) in [6.45, 7) is 4.71. The van der Waals surface area contributed by atoms with Crippen LogP contribution >= 0.6 is 12.4 Å². The van der Waals surface area contributed by atoms with Crippen LogP contribution < -0.4 is 11.1 Å². The number of aryl methyl sites for hydroxylation is 1. The number of aromatic nitrogens is 1. The molecule has 3 N–H and O–H groups in total. The first kappa shape index (κ1) is 20.2. The fourth-order valence-electron chi connectivity index (χ4n) is 2.34. The average Bonchev–Trinajstić information content (AvgIpc) is 2.96. The fourth-order valence-corrected chi connectivity index (χ4v) is 2.34. The molecule has 0 saturated carbocycles. The van der Waals surface area contributed by atoms with Gasteiger partial charge in [-0.3, -0.25) is 4.79 Å². The zero-order valence-corrected chi connectivity index (χ0v) is 14.7. The van der Waals surface area contributed by atoms with E-state index in [4.69, 9.17) is 10.3 Å². The number of nitrogens with zero attached hydrogens (tertiary/aromatic N) is 2. The van der Waals surface area contributed by atoms with E-state index in [9.17, 15) is 4.79 Å². The zero-order valence-electron chi connectivity index (χ0n) is 13.9. The molecule has 0 aliphatic rings. The minimum Gasteiger partial charge on any atom is -0.360 e. The normalized spacial score (nSPS) is 10.5. The van der Waals surface area contributed by atoms with Crippen LogP contribution in [0.25, 0.3) is 0 Å². The second-order valence-corrected chi connectivity index (χ2v) is 5.49. The molecule has 0 fully saturated rings. The lowest BCUT2D eigenvalue weighted by atomic mass is 10.1. The Balaban J connectivity index is 0.00000288. The maximum absolute atomic E-state index is 12.0. The predicted octanol–water partition coefficient (Wildman–Crippen LogP) is 2.24. The monoisotopic (exact) mass is 352 g/mol. The SMILES string of the molecule is Cc1cc(NC(=O)CCN(CCN)CCc2ccccc2)no1.Cl. The van der Waals surface area contributed by atoms with Gasteiger partial charge in [-0.25, -0.2) is 0 Å². The number of nitrogens with one attached hydrogen (secondary N) is 1. The molecule has 7 heteroatoms. The smallest absolute Gasteiger partial charge is 0.226 e. The molecule has 24 heavy (non-hydrogen) atoms. The van der Waals surface area contributed by atoms with Gasteiger partial charge in [0.25, 0.3) is 0 Å². The summed E-state index contributed by atoms with van der Waals surface area (Å²) in [5.74, 6) is 1.06. The lowest BCUT2D eigenvalue weighted by molar-refractivity contribution is -0.116. The Hall–Kier alpha value is -1.89. The lowest BCUT2D eigenvalue weighted by Crippen LogP contribution is -2.34. The number of nitrogens with two attached hydrogens (primary N) is 1. The van der Waals surface area contributed by atoms with E-state index in [2.05, 4.69) is 27.5 Å². The summed E-state index contributed by atoms with van der Waals surface area (Å²) in [6, 6.07) is 12.0. The van der Waals surface area contributed by atoms with Crippen molar-refractivity contribution in [1.29, 1.82) is 0 Å². The number of hydrogen-bond donors (Lipinski definition) is 2. The van der Waals surface area contributed by atoms with E-state index in [1.54, 1.807) is 13.0 Å². The van der Waals surface area contributed by atoms with E-state index in [1.807, 2.05) is 18.2 Å². The van der Waals surface area contributed by atoms with Gasteiger partial charge in [-0.2, -0.15) is 0 Å². The van der Waals surface area contributed by atoms with Crippen molar-refractivity contribution in [3.8, 4) is 0 Å². The number of hydrogen-bond acceptors (Lipinski definition) is 5. The van der Waals surface area contributed by atoms with E-state index in [-0.39, 0.29) is 18.3 Å². The Morgan fingerprint density at radius 3 is 2.62 bits per heavy atom. The van der Waals surface area contributed by atoms with Gasteiger partial charge in [0.15, 0.2) is 5.82 Å². The summed E-state index contributed by atoms with van der Waals surface area (Å²) in [4.78, 5) is 14.2. The second-order valence-electron chi connectivity index (χ2n) is 5.49. The maximum Gasteiger partial charge on any atom is 0.226 e. The van der Waals surface area contributed by atoms with Crippen LogP contribution in [0, 0.1) is 6.92 Å². The first-order valence-electron chi connectivity index (χ1n) is 7.87. The molecule has 0 unspecified atom stereocenters. The summed E-state index contributed by atoms with van der Waals surface area (Å²) in [7, 11) is 0. The molecule has 1 amide bonds.